The van der Waals surface area contributed by atoms with Crippen LogP contribution in [0.3, 0.4) is 0 Å². The van der Waals surface area contributed by atoms with Crippen LogP contribution in [0.15, 0.2) is 30.5 Å². The van der Waals surface area contributed by atoms with Crippen molar-refractivity contribution in [3.05, 3.63) is 36.0 Å². The monoisotopic (exact) mass is 287 g/mol. The van der Waals surface area contributed by atoms with Gasteiger partial charge in [-0.3, -0.25) is 9.59 Å². The van der Waals surface area contributed by atoms with E-state index in [2.05, 4.69) is 21.7 Å². The summed E-state index contributed by atoms with van der Waals surface area (Å²) in [4.78, 5) is 26.3. The van der Waals surface area contributed by atoms with E-state index in [9.17, 15) is 9.59 Å². The molecule has 21 heavy (non-hydrogen) atoms. The van der Waals surface area contributed by atoms with Crippen LogP contribution < -0.4 is 10.6 Å². The zero-order valence-electron chi connectivity index (χ0n) is 12.4. The maximum atomic E-state index is 11.6. The molecule has 1 heterocycles. The van der Waals surface area contributed by atoms with Gasteiger partial charge in [0, 0.05) is 29.7 Å². The fraction of sp³-hybridized carbons (Fsp3) is 0.375. The van der Waals surface area contributed by atoms with Gasteiger partial charge in [-0.1, -0.05) is 18.2 Å². The van der Waals surface area contributed by atoms with Crippen LogP contribution in [0.25, 0.3) is 10.9 Å². The Bertz CT molecular complexity index is 631. The minimum Gasteiger partial charge on any atom is -0.361 e. The Labute approximate surface area is 124 Å². The number of rotatable bonds is 6. The topological polar surface area (TPSA) is 74.0 Å². The molecule has 0 radical (unpaired) electrons. The predicted octanol–water partition coefficient (Wildman–Crippen LogP) is 1.74. The number of benzene rings is 1. The lowest BCUT2D eigenvalue weighted by Crippen LogP contribution is -2.35. The molecule has 0 spiro atoms. The Morgan fingerprint density at radius 3 is 2.71 bits per heavy atom. The van der Waals surface area contributed by atoms with Gasteiger partial charge in [0.1, 0.15) is 6.42 Å². The van der Waals surface area contributed by atoms with Crippen molar-refractivity contribution in [1.82, 2.24) is 15.6 Å². The number of fused-ring (bicyclic) bond motifs is 1. The molecular formula is C16H21N3O2. The average Bonchev–Trinajstić information content (AvgIpc) is 2.81. The van der Waals surface area contributed by atoms with Crippen LogP contribution in [-0.4, -0.2) is 29.4 Å². The fourth-order valence-corrected chi connectivity index (χ4v) is 2.26. The fourth-order valence-electron chi connectivity index (χ4n) is 2.26. The third kappa shape index (κ3) is 4.34. The summed E-state index contributed by atoms with van der Waals surface area (Å²) >= 11 is 0. The highest BCUT2D eigenvalue weighted by molar-refractivity contribution is 5.96. The Morgan fingerprint density at radius 1 is 1.19 bits per heavy atom. The van der Waals surface area contributed by atoms with E-state index in [0.717, 1.165) is 17.5 Å². The Hall–Kier alpha value is -2.30. The molecule has 1 aromatic carbocycles. The van der Waals surface area contributed by atoms with E-state index < -0.39 is 0 Å². The molecule has 1 aromatic heterocycles. The molecule has 0 atom stereocenters. The van der Waals surface area contributed by atoms with Crippen LogP contribution in [0.1, 0.15) is 25.8 Å². The van der Waals surface area contributed by atoms with Crippen molar-refractivity contribution in [3.8, 4) is 0 Å². The second kappa shape index (κ2) is 6.92. The first-order chi connectivity index (χ1) is 10.1. The van der Waals surface area contributed by atoms with Crippen molar-refractivity contribution in [2.24, 2.45) is 0 Å². The summed E-state index contributed by atoms with van der Waals surface area (Å²) in [6.45, 7) is 4.26. The zero-order chi connectivity index (χ0) is 15.2. The summed E-state index contributed by atoms with van der Waals surface area (Å²) < 4.78 is 0. The summed E-state index contributed by atoms with van der Waals surface area (Å²) in [5.41, 5.74) is 2.26. The van der Waals surface area contributed by atoms with E-state index in [1.165, 1.54) is 5.39 Å². The van der Waals surface area contributed by atoms with E-state index in [-0.39, 0.29) is 24.3 Å². The number of carbonyl (C=O) groups excluding carboxylic acids is 2. The van der Waals surface area contributed by atoms with Gasteiger partial charge in [0.15, 0.2) is 0 Å². The number of amides is 2. The van der Waals surface area contributed by atoms with E-state index in [1.54, 1.807) is 0 Å². The van der Waals surface area contributed by atoms with Gasteiger partial charge in [-0.05, 0) is 31.9 Å². The summed E-state index contributed by atoms with van der Waals surface area (Å²) in [6, 6.07) is 8.11. The van der Waals surface area contributed by atoms with Crippen LogP contribution in [-0.2, 0) is 16.0 Å². The summed E-state index contributed by atoms with van der Waals surface area (Å²) in [5.74, 6) is -0.484. The first kappa shape index (κ1) is 15.1. The molecule has 0 fully saturated rings. The molecule has 5 heteroatoms. The van der Waals surface area contributed by atoms with E-state index in [0.29, 0.717) is 6.54 Å². The van der Waals surface area contributed by atoms with Crippen LogP contribution in [0.5, 0.6) is 0 Å². The first-order valence-electron chi connectivity index (χ1n) is 7.17. The zero-order valence-corrected chi connectivity index (χ0v) is 12.4. The number of aromatic nitrogens is 1. The molecule has 2 amide bonds. The number of para-hydroxylation sites is 1. The molecule has 0 unspecified atom stereocenters. The maximum absolute atomic E-state index is 11.6. The van der Waals surface area contributed by atoms with Crippen molar-refractivity contribution >= 4 is 22.7 Å². The standard InChI is InChI=1S/C16H21N3O2/c1-11(2)19-16(21)9-15(20)17-8-7-12-10-18-14-6-4-3-5-13(12)14/h3-6,10-11,18H,7-9H2,1-2H3,(H,17,20)(H,19,21). The lowest BCUT2D eigenvalue weighted by atomic mass is 10.1. The number of hydrogen-bond donors (Lipinski definition) is 3. The Morgan fingerprint density at radius 2 is 1.95 bits per heavy atom. The van der Waals surface area contributed by atoms with Gasteiger partial charge in [-0.25, -0.2) is 0 Å². The number of hydrogen-bond acceptors (Lipinski definition) is 2. The molecule has 0 aliphatic rings. The molecule has 0 aliphatic heterocycles. The van der Waals surface area contributed by atoms with Crippen molar-refractivity contribution < 1.29 is 9.59 Å². The highest BCUT2D eigenvalue weighted by Crippen LogP contribution is 2.17. The van der Waals surface area contributed by atoms with Crippen molar-refractivity contribution in [1.29, 1.82) is 0 Å². The lowest BCUT2D eigenvalue weighted by molar-refractivity contribution is -0.129. The molecule has 2 aromatic rings. The first-order valence-corrected chi connectivity index (χ1v) is 7.17. The highest BCUT2D eigenvalue weighted by Gasteiger charge is 2.10. The molecule has 0 saturated carbocycles. The van der Waals surface area contributed by atoms with Crippen molar-refractivity contribution in [3.63, 3.8) is 0 Å². The Kier molecular flexibility index (Phi) is 4.98. The van der Waals surface area contributed by atoms with Crippen LogP contribution in [0.2, 0.25) is 0 Å². The van der Waals surface area contributed by atoms with Crippen molar-refractivity contribution in [2.75, 3.05) is 6.54 Å². The third-order valence-electron chi connectivity index (χ3n) is 3.16. The normalized spacial score (nSPS) is 10.8. The number of H-pyrrole nitrogens is 1. The van der Waals surface area contributed by atoms with Crippen molar-refractivity contribution in [2.45, 2.75) is 32.7 Å². The summed E-state index contributed by atoms with van der Waals surface area (Å²) in [5, 5.41) is 6.64. The Balaban J connectivity index is 1.79. The minimum absolute atomic E-state index is 0.0523. The van der Waals surface area contributed by atoms with Gasteiger partial charge >= 0.3 is 0 Å². The van der Waals surface area contributed by atoms with Gasteiger partial charge in [0.2, 0.25) is 11.8 Å². The van der Waals surface area contributed by atoms with Crippen LogP contribution in [0, 0.1) is 0 Å². The molecule has 5 nitrogen and oxygen atoms in total. The van der Waals surface area contributed by atoms with Gasteiger partial charge in [0.25, 0.3) is 0 Å². The SMILES string of the molecule is CC(C)NC(=O)CC(=O)NCCc1c[nH]c2ccccc12. The molecule has 3 N–H and O–H groups in total. The maximum Gasteiger partial charge on any atom is 0.229 e. The number of nitrogens with one attached hydrogen (secondary N) is 3. The molecular weight excluding hydrogens is 266 g/mol. The largest absolute Gasteiger partial charge is 0.361 e. The van der Waals surface area contributed by atoms with Crippen LogP contribution >= 0.6 is 0 Å². The molecule has 0 aliphatic carbocycles. The smallest absolute Gasteiger partial charge is 0.229 e. The van der Waals surface area contributed by atoms with Crippen LogP contribution in [0.4, 0.5) is 0 Å². The summed E-state index contributed by atoms with van der Waals surface area (Å²) in [6.07, 6.45) is 2.58. The molecule has 0 saturated heterocycles. The summed E-state index contributed by atoms with van der Waals surface area (Å²) in [7, 11) is 0. The third-order valence-corrected chi connectivity index (χ3v) is 3.16. The van der Waals surface area contributed by atoms with E-state index >= 15 is 0 Å². The predicted molar refractivity (Wildman–Crippen MR) is 82.9 cm³/mol. The molecule has 112 valence electrons. The molecule has 2 rings (SSSR count). The van der Waals surface area contributed by atoms with Gasteiger partial charge in [-0.15, -0.1) is 0 Å². The minimum atomic E-state index is -0.243. The second-order valence-electron chi connectivity index (χ2n) is 5.36. The van der Waals surface area contributed by atoms with E-state index in [1.807, 2.05) is 38.2 Å². The highest BCUT2D eigenvalue weighted by atomic mass is 16.2. The van der Waals surface area contributed by atoms with Gasteiger partial charge in [-0.2, -0.15) is 0 Å². The second-order valence-corrected chi connectivity index (χ2v) is 5.36. The lowest BCUT2D eigenvalue weighted by Gasteiger charge is -2.08. The number of aromatic amines is 1. The molecule has 0 bridgehead atoms. The average molecular weight is 287 g/mol. The van der Waals surface area contributed by atoms with E-state index in [4.69, 9.17) is 0 Å². The van der Waals surface area contributed by atoms with Gasteiger partial charge in [0.05, 0.1) is 0 Å². The van der Waals surface area contributed by atoms with Gasteiger partial charge < -0.3 is 15.6 Å². The quantitative estimate of drug-likeness (QED) is 0.708. The number of carbonyl (C=O) groups is 2.